The molecule has 0 aliphatic heterocycles. The van der Waals surface area contributed by atoms with Crippen molar-refractivity contribution in [1.82, 2.24) is 9.78 Å². The van der Waals surface area contributed by atoms with Crippen LogP contribution >= 0.6 is 11.3 Å². The van der Waals surface area contributed by atoms with E-state index in [2.05, 4.69) is 17.3 Å². The lowest BCUT2D eigenvalue weighted by Crippen LogP contribution is -2.30. The SMILES string of the molecule is CCOC(=O)c1c(NC(=O)C(C)OC(=O)c2cnn(C)c2)sc2c1CCC(C)C2. The summed E-state index contributed by atoms with van der Waals surface area (Å²) in [7, 11) is 1.68. The van der Waals surface area contributed by atoms with Gasteiger partial charge in [-0.1, -0.05) is 6.92 Å². The van der Waals surface area contributed by atoms with Gasteiger partial charge in [0.05, 0.1) is 23.9 Å². The van der Waals surface area contributed by atoms with E-state index in [-0.39, 0.29) is 12.2 Å². The Morgan fingerprint density at radius 3 is 2.79 bits per heavy atom. The third-order valence-electron chi connectivity index (χ3n) is 4.82. The zero-order valence-corrected chi connectivity index (χ0v) is 17.8. The number of hydrogen-bond donors (Lipinski definition) is 1. The summed E-state index contributed by atoms with van der Waals surface area (Å²) in [5.41, 5.74) is 1.65. The van der Waals surface area contributed by atoms with Gasteiger partial charge in [-0.3, -0.25) is 9.48 Å². The van der Waals surface area contributed by atoms with Crippen molar-refractivity contribution >= 4 is 34.2 Å². The van der Waals surface area contributed by atoms with Crippen LogP contribution in [0.25, 0.3) is 0 Å². The smallest absolute Gasteiger partial charge is 0.342 e. The molecule has 156 valence electrons. The molecule has 0 saturated heterocycles. The second-order valence-electron chi connectivity index (χ2n) is 7.22. The molecular weight excluding hydrogens is 394 g/mol. The lowest BCUT2D eigenvalue weighted by molar-refractivity contribution is -0.123. The van der Waals surface area contributed by atoms with Gasteiger partial charge in [-0.05, 0) is 44.6 Å². The number of anilines is 1. The van der Waals surface area contributed by atoms with Crippen LogP contribution in [0, 0.1) is 5.92 Å². The maximum atomic E-state index is 12.6. The first kappa shape index (κ1) is 21.0. The maximum Gasteiger partial charge on any atom is 0.342 e. The van der Waals surface area contributed by atoms with Gasteiger partial charge in [-0.2, -0.15) is 5.10 Å². The Labute approximate surface area is 173 Å². The first-order chi connectivity index (χ1) is 13.8. The number of esters is 2. The van der Waals surface area contributed by atoms with E-state index in [1.54, 1.807) is 14.0 Å². The summed E-state index contributed by atoms with van der Waals surface area (Å²) in [6.07, 6.45) is 4.50. The minimum Gasteiger partial charge on any atom is -0.462 e. The Morgan fingerprint density at radius 2 is 2.14 bits per heavy atom. The van der Waals surface area contributed by atoms with Crippen molar-refractivity contribution in [3.8, 4) is 0 Å². The van der Waals surface area contributed by atoms with Crippen LogP contribution < -0.4 is 5.32 Å². The highest BCUT2D eigenvalue weighted by atomic mass is 32.1. The predicted molar refractivity (Wildman–Crippen MR) is 108 cm³/mol. The molecule has 29 heavy (non-hydrogen) atoms. The lowest BCUT2D eigenvalue weighted by Gasteiger charge is -2.18. The molecule has 2 unspecified atom stereocenters. The molecule has 2 heterocycles. The average molecular weight is 420 g/mol. The zero-order chi connectivity index (χ0) is 21.1. The number of ether oxygens (including phenoxy) is 2. The van der Waals surface area contributed by atoms with E-state index < -0.39 is 23.9 Å². The minimum atomic E-state index is -1.03. The van der Waals surface area contributed by atoms with Crippen molar-refractivity contribution in [1.29, 1.82) is 0 Å². The summed E-state index contributed by atoms with van der Waals surface area (Å²) in [6, 6.07) is 0. The van der Waals surface area contributed by atoms with E-state index >= 15 is 0 Å². The summed E-state index contributed by atoms with van der Waals surface area (Å²) in [4.78, 5) is 38.4. The molecule has 1 aliphatic rings. The van der Waals surface area contributed by atoms with Crippen LogP contribution in [-0.2, 0) is 34.2 Å². The van der Waals surface area contributed by atoms with E-state index in [0.717, 1.165) is 29.7 Å². The molecule has 2 aromatic heterocycles. The van der Waals surface area contributed by atoms with Gasteiger partial charge in [-0.15, -0.1) is 11.3 Å². The van der Waals surface area contributed by atoms with Crippen LogP contribution in [0.2, 0.25) is 0 Å². The minimum absolute atomic E-state index is 0.256. The van der Waals surface area contributed by atoms with Gasteiger partial charge in [0.15, 0.2) is 6.10 Å². The number of aryl methyl sites for hydroxylation is 1. The number of nitrogens with one attached hydrogen (secondary N) is 1. The fraction of sp³-hybridized carbons (Fsp3) is 0.500. The first-order valence-electron chi connectivity index (χ1n) is 9.62. The fourth-order valence-electron chi connectivity index (χ4n) is 3.28. The van der Waals surface area contributed by atoms with Crippen molar-refractivity contribution in [2.24, 2.45) is 13.0 Å². The highest BCUT2D eigenvalue weighted by Crippen LogP contribution is 2.40. The van der Waals surface area contributed by atoms with Gasteiger partial charge in [0, 0.05) is 18.1 Å². The number of nitrogens with zero attached hydrogens (tertiary/aromatic N) is 2. The maximum absolute atomic E-state index is 12.6. The van der Waals surface area contributed by atoms with E-state index in [1.807, 2.05) is 0 Å². The quantitative estimate of drug-likeness (QED) is 0.723. The van der Waals surface area contributed by atoms with Crippen LogP contribution in [0.15, 0.2) is 12.4 Å². The molecular formula is C20H25N3O5S. The van der Waals surface area contributed by atoms with E-state index in [4.69, 9.17) is 9.47 Å². The molecule has 0 aromatic carbocycles. The third-order valence-corrected chi connectivity index (χ3v) is 5.99. The number of hydrogen-bond acceptors (Lipinski definition) is 7. The summed E-state index contributed by atoms with van der Waals surface area (Å²) in [5.74, 6) is -1.04. The summed E-state index contributed by atoms with van der Waals surface area (Å²) >= 11 is 1.40. The number of carbonyl (C=O) groups is 3. The Morgan fingerprint density at radius 1 is 1.38 bits per heavy atom. The second kappa shape index (κ2) is 8.77. The molecule has 0 fully saturated rings. The molecule has 0 saturated carbocycles. The molecule has 0 radical (unpaired) electrons. The van der Waals surface area contributed by atoms with E-state index in [9.17, 15) is 14.4 Å². The second-order valence-corrected chi connectivity index (χ2v) is 8.32. The van der Waals surface area contributed by atoms with Crippen molar-refractivity contribution in [3.63, 3.8) is 0 Å². The van der Waals surface area contributed by atoms with Crippen molar-refractivity contribution in [2.75, 3.05) is 11.9 Å². The highest BCUT2D eigenvalue weighted by Gasteiger charge is 2.30. The summed E-state index contributed by atoms with van der Waals surface area (Å²) in [6.45, 7) is 5.66. The largest absolute Gasteiger partial charge is 0.462 e. The molecule has 2 atom stereocenters. The molecule has 0 bridgehead atoms. The number of aromatic nitrogens is 2. The van der Waals surface area contributed by atoms with Crippen LogP contribution in [0.1, 0.15) is 58.3 Å². The highest BCUT2D eigenvalue weighted by molar-refractivity contribution is 7.17. The molecule has 1 aliphatic carbocycles. The Kier molecular flexibility index (Phi) is 6.36. The van der Waals surface area contributed by atoms with Crippen molar-refractivity contribution < 1.29 is 23.9 Å². The fourth-order valence-corrected chi connectivity index (χ4v) is 4.68. The summed E-state index contributed by atoms with van der Waals surface area (Å²) in [5, 5.41) is 7.13. The average Bonchev–Trinajstić information content (AvgIpc) is 3.24. The monoisotopic (exact) mass is 419 g/mol. The molecule has 1 amide bonds. The predicted octanol–water partition coefficient (Wildman–Crippen LogP) is 2.97. The molecule has 1 N–H and O–H groups in total. The van der Waals surface area contributed by atoms with Crippen LogP contribution in [0.4, 0.5) is 5.00 Å². The van der Waals surface area contributed by atoms with Gasteiger partial charge >= 0.3 is 11.9 Å². The number of fused-ring (bicyclic) bond motifs is 1. The topological polar surface area (TPSA) is 99.5 Å². The Bertz CT molecular complexity index is 933. The zero-order valence-electron chi connectivity index (χ0n) is 17.0. The molecule has 8 nitrogen and oxygen atoms in total. The van der Waals surface area contributed by atoms with Gasteiger partial charge in [-0.25, -0.2) is 9.59 Å². The van der Waals surface area contributed by atoms with Crippen molar-refractivity contribution in [3.05, 3.63) is 34.0 Å². The number of carbonyl (C=O) groups excluding carboxylic acids is 3. The number of rotatable bonds is 6. The Hall–Kier alpha value is -2.68. The Balaban J connectivity index is 1.76. The van der Waals surface area contributed by atoms with Gasteiger partial charge in [0.1, 0.15) is 5.00 Å². The molecule has 3 rings (SSSR count). The van der Waals surface area contributed by atoms with Gasteiger partial charge < -0.3 is 14.8 Å². The molecule has 2 aromatic rings. The van der Waals surface area contributed by atoms with Gasteiger partial charge in [0.25, 0.3) is 5.91 Å². The van der Waals surface area contributed by atoms with Gasteiger partial charge in [0.2, 0.25) is 0 Å². The van der Waals surface area contributed by atoms with E-state index in [0.29, 0.717) is 16.5 Å². The lowest BCUT2D eigenvalue weighted by atomic mass is 9.88. The molecule has 0 spiro atoms. The number of amides is 1. The standard InChI is InChI=1S/C20H25N3O5S/c1-5-27-20(26)16-14-7-6-11(2)8-15(14)29-18(16)22-17(24)12(3)28-19(25)13-9-21-23(4)10-13/h9-12H,5-8H2,1-4H3,(H,22,24). The summed E-state index contributed by atoms with van der Waals surface area (Å²) < 4.78 is 11.9. The number of thiophene rings is 1. The normalized spacial score (nSPS) is 16.6. The van der Waals surface area contributed by atoms with Crippen LogP contribution in [-0.4, -0.2) is 40.3 Å². The van der Waals surface area contributed by atoms with Crippen LogP contribution in [0.5, 0.6) is 0 Å². The third kappa shape index (κ3) is 4.67. The first-order valence-corrected chi connectivity index (χ1v) is 10.4. The van der Waals surface area contributed by atoms with Crippen LogP contribution in [0.3, 0.4) is 0 Å². The van der Waals surface area contributed by atoms with E-state index in [1.165, 1.54) is 35.3 Å². The van der Waals surface area contributed by atoms with Crippen molar-refractivity contribution in [2.45, 2.75) is 46.1 Å². The molecule has 9 heteroatoms.